The Kier molecular flexibility index (Phi) is 2.64. The number of nitro groups is 1. The Morgan fingerprint density at radius 3 is 2.69 bits per heavy atom. The van der Waals surface area contributed by atoms with Gasteiger partial charge in [-0.25, -0.2) is 0 Å². The summed E-state index contributed by atoms with van der Waals surface area (Å²) in [6.45, 7) is 3.56. The minimum Gasteiger partial charge on any atom is -0.496 e. The fourth-order valence-electron chi connectivity index (χ4n) is 0.979. The van der Waals surface area contributed by atoms with Crippen molar-refractivity contribution in [3.05, 3.63) is 46.5 Å². The molecule has 0 unspecified atom stereocenters. The van der Waals surface area contributed by atoms with Crippen molar-refractivity contribution in [3.63, 3.8) is 0 Å². The maximum absolute atomic E-state index is 10.6. The van der Waals surface area contributed by atoms with Gasteiger partial charge in [0.05, 0.1) is 17.6 Å². The van der Waals surface area contributed by atoms with Crippen molar-refractivity contribution >= 4 is 11.4 Å². The average Bonchev–Trinajstić information content (AvgIpc) is 2.16. The molecule has 0 amide bonds. The smallest absolute Gasteiger partial charge is 0.280 e. The summed E-state index contributed by atoms with van der Waals surface area (Å²) in [7, 11) is 1.43. The number of nitro benzene ring substituents is 1. The second kappa shape index (κ2) is 3.71. The number of para-hydroxylation sites is 1. The van der Waals surface area contributed by atoms with Crippen LogP contribution in [0.4, 0.5) is 5.69 Å². The third kappa shape index (κ3) is 1.84. The second-order valence-corrected chi connectivity index (χ2v) is 2.40. The highest BCUT2D eigenvalue weighted by molar-refractivity contribution is 5.66. The first-order chi connectivity index (χ1) is 6.16. The third-order valence-electron chi connectivity index (χ3n) is 1.65. The summed E-state index contributed by atoms with van der Waals surface area (Å²) in [4.78, 5) is 10.1. The molecule has 0 aliphatic heterocycles. The lowest BCUT2D eigenvalue weighted by molar-refractivity contribution is -0.385. The fraction of sp³-hybridized carbons (Fsp3) is 0.111. The average molecular weight is 179 g/mol. The molecule has 0 aliphatic carbocycles. The molecule has 0 N–H and O–H groups in total. The van der Waals surface area contributed by atoms with Crippen molar-refractivity contribution in [2.75, 3.05) is 7.11 Å². The fourth-order valence-corrected chi connectivity index (χ4v) is 0.979. The van der Waals surface area contributed by atoms with Gasteiger partial charge in [0, 0.05) is 6.07 Å². The summed E-state index contributed by atoms with van der Waals surface area (Å²) in [6.07, 6.45) is 0. The number of rotatable bonds is 3. The Morgan fingerprint density at radius 1 is 1.54 bits per heavy atom. The van der Waals surface area contributed by atoms with E-state index in [1.54, 1.807) is 18.2 Å². The number of methoxy groups -OCH3 is 1. The normalized spacial score (nSPS) is 9.31. The second-order valence-electron chi connectivity index (χ2n) is 2.40. The highest BCUT2D eigenvalue weighted by Gasteiger charge is 2.14. The highest BCUT2D eigenvalue weighted by Crippen LogP contribution is 2.24. The first-order valence-corrected chi connectivity index (χ1v) is 3.63. The molecule has 1 aromatic carbocycles. The first kappa shape index (κ1) is 9.25. The summed E-state index contributed by atoms with van der Waals surface area (Å²) >= 11 is 0. The minimum atomic E-state index is -0.459. The highest BCUT2D eigenvalue weighted by atomic mass is 16.6. The molecule has 0 atom stereocenters. The predicted octanol–water partition coefficient (Wildman–Crippen LogP) is 2.21. The summed E-state index contributed by atoms with van der Waals surface area (Å²) in [5.41, 5.74) is 0.421. The van der Waals surface area contributed by atoms with E-state index in [1.165, 1.54) is 13.2 Å². The van der Waals surface area contributed by atoms with Crippen molar-refractivity contribution in [1.29, 1.82) is 0 Å². The SMILES string of the molecule is C=C(OC)c1ccccc1[N+](=O)[O-]. The van der Waals surface area contributed by atoms with Crippen LogP contribution in [0.2, 0.25) is 0 Å². The maximum Gasteiger partial charge on any atom is 0.280 e. The zero-order valence-corrected chi connectivity index (χ0v) is 7.19. The van der Waals surface area contributed by atoms with Crippen LogP contribution in [0.15, 0.2) is 30.8 Å². The van der Waals surface area contributed by atoms with Crippen LogP contribution in [0, 0.1) is 10.1 Å². The van der Waals surface area contributed by atoms with Gasteiger partial charge in [0.1, 0.15) is 5.76 Å². The zero-order valence-electron chi connectivity index (χ0n) is 7.19. The van der Waals surface area contributed by atoms with Crippen LogP contribution < -0.4 is 0 Å². The van der Waals surface area contributed by atoms with Gasteiger partial charge in [-0.2, -0.15) is 0 Å². The molecule has 13 heavy (non-hydrogen) atoms. The molecule has 0 aliphatic rings. The number of benzene rings is 1. The lowest BCUT2D eigenvalue weighted by Crippen LogP contribution is -1.94. The van der Waals surface area contributed by atoms with Gasteiger partial charge in [-0.15, -0.1) is 0 Å². The Bertz CT molecular complexity index is 346. The van der Waals surface area contributed by atoms with E-state index in [0.717, 1.165) is 0 Å². The zero-order chi connectivity index (χ0) is 9.84. The molecule has 4 nitrogen and oxygen atoms in total. The molecular formula is C9H9NO3. The number of hydrogen-bond donors (Lipinski definition) is 0. The van der Waals surface area contributed by atoms with E-state index in [1.807, 2.05) is 0 Å². The molecule has 0 saturated carbocycles. The topological polar surface area (TPSA) is 52.4 Å². The van der Waals surface area contributed by atoms with E-state index in [-0.39, 0.29) is 5.69 Å². The summed E-state index contributed by atoms with van der Waals surface area (Å²) in [5.74, 6) is 0.298. The maximum atomic E-state index is 10.6. The molecule has 0 saturated heterocycles. The van der Waals surface area contributed by atoms with E-state index < -0.39 is 4.92 Å². The monoisotopic (exact) mass is 179 g/mol. The van der Waals surface area contributed by atoms with E-state index in [2.05, 4.69) is 6.58 Å². The molecule has 0 fully saturated rings. The van der Waals surface area contributed by atoms with E-state index >= 15 is 0 Å². The molecular weight excluding hydrogens is 170 g/mol. The van der Waals surface area contributed by atoms with Crippen LogP contribution in [0.3, 0.4) is 0 Å². The number of nitrogens with zero attached hydrogens (tertiary/aromatic N) is 1. The van der Waals surface area contributed by atoms with Crippen LogP contribution in [-0.4, -0.2) is 12.0 Å². The van der Waals surface area contributed by atoms with E-state index in [9.17, 15) is 10.1 Å². The van der Waals surface area contributed by atoms with Gasteiger partial charge in [-0.05, 0) is 6.07 Å². The molecule has 0 bridgehead atoms. The van der Waals surface area contributed by atoms with Crippen molar-refractivity contribution in [2.24, 2.45) is 0 Å². The Labute approximate surface area is 75.6 Å². The van der Waals surface area contributed by atoms with Gasteiger partial charge in [0.15, 0.2) is 0 Å². The summed E-state index contributed by atoms with van der Waals surface area (Å²) < 4.78 is 4.83. The molecule has 0 aromatic heterocycles. The first-order valence-electron chi connectivity index (χ1n) is 3.63. The standard InChI is InChI=1S/C9H9NO3/c1-7(13-2)8-5-3-4-6-9(8)10(11)12/h3-6H,1H2,2H3. The minimum absolute atomic E-state index is 0.00866. The number of hydrogen-bond acceptors (Lipinski definition) is 3. The Hall–Kier alpha value is -1.84. The predicted molar refractivity (Wildman–Crippen MR) is 49.1 cm³/mol. The van der Waals surface area contributed by atoms with Crippen LogP contribution in [0.5, 0.6) is 0 Å². The van der Waals surface area contributed by atoms with E-state index in [4.69, 9.17) is 4.74 Å². The van der Waals surface area contributed by atoms with Crippen LogP contribution in [0.1, 0.15) is 5.56 Å². The lowest BCUT2D eigenvalue weighted by Gasteiger charge is -2.03. The van der Waals surface area contributed by atoms with Crippen LogP contribution in [0.25, 0.3) is 5.76 Å². The molecule has 0 heterocycles. The van der Waals surface area contributed by atoms with Gasteiger partial charge < -0.3 is 4.74 Å². The molecule has 1 rings (SSSR count). The Morgan fingerprint density at radius 2 is 2.15 bits per heavy atom. The summed E-state index contributed by atoms with van der Waals surface area (Å²) in [5, 5.41) is 10.6. The van der Waals surface area contributed by atoms with E-state index in [0.29, 0.717) is 11.3 Å². The van der Waals surface area contributed by atoms with Crippen LogP contribution in [-0.2, 0) is 4.74 Å². The Balaban J connectivity index is 3.19. The van der Waals surface area contributed by atoms with Crippen molar-refractivity contribution < 1.29 is 9.66 Å². The largest absolute Gasteiger partial charge is 0.496 e. The van der Waals surface area contributed by atoms with Gasteiger partial charge in [0.25, 0.3) is 5.69 Å². The van der Waals surface area contributed by atoms with Gasteiger partial charge >= 0.3 is 0 Å². The quantitative estimate of drug-likeness (QED) is 0.406. The molecule has 0 radical (unpaired) electrons. The molecule has 4 heteroatoms. The van der Waals surface area contributed by atoms with Crippen molar-refractivity contribution in [2.45, 2.75) is 0 Å². The third-order valence-corrected chi connectivity index (χ3v) is 1.65. The van der Waals surface area contributed by atoms with Crippen LogP contribution >= 0.6 is 0 Å². The lowest BCUT2D eigenvalue weighted by atomic mass is 10.1. The molecule has 68 valence electrons. The van der Waals surface area contributed by atoms with Gasteiger partial charge in [-0.1, -0.05) is 18.7 Å². The van der Waals surface area contributed by atoms with Gasteiger partial charge in [-0.3, -0.25) is 10.1 Å². The van der Waals surface area contributed by atoms with Crippen molar-refractivity contribution in [1.82, 2.24) is 0 Å². The summed E-state index contributed by atoms with van der Waals surface area (Å²) in [6, 6.07) is 6.32. The van der Waals surface area contributed by atoms with Gasteiger partial charge in [0.2, 0.25) is 0 Å². The molecule has 1 aromatic rings. The number of ether oxygens (including phenoxy) is 1. The molecule has 0 spiro atoms. The van der Waals surface area contributed by atoms with Crippen molar-refractivity contribution in [3.8, 4) is 0 Å².